The summed E-state index contributed by atoms with van der Waals surface area (Å²) in [6.07, 6.45) is 3.63. The Hall–Kier alpha value is -1.00. The maximum atomic E-state index is 12.2. The number of anilines is 1. The van der Waals surface area contributed by atoms with E-state index in [0.29, 0.717) is 18.2 Å². The molecule has 0 heterocycles. The molecule has 1 rings (SSSR count). The second-order valence-electron chi connectivity index (χ2n) is 3.89. The van der Waals surface area contributed by atoms with Crippen LogP contribution in [0.4, 0.5) is 5.69 Å². The van der Waals surface area contributed by atoms with Crippen molar-refractivity contribution in [1.82, 2.24) is 0 Å². The van der Waals surface area contributed by atoms with Crippen LogP contribution in [0.25, 0.3) is 0 Å². The Kier molecular flexibility index (Phi) is 7.70. The lowest BCUT2D eigenvalue weighted by molar-refractivity contribution is 0.222. The Bertz CT molecular complexity index is 480. The summed E-state index contributed by atoms with van der Waals surface area (Å²) in [5, 5.41) is 3.07. The van der Waals surface area contributed by atoms with Gasteiger partial charge in [-0.15, -0.1) is 0 Å². The molecule has 1 aromatic carbocycles. The van der Waals surface area contributed by atoms with Gasteiger partial charge in [-0.05, 0) is 32.1 Å². The molecular weight excluding hydrogens is 293 g/mol. The first-order valence-electron chi connectivity index (χ1n) is 6.50. The van der Waals surface area contributed by atoms with Crippen LogP contribution in [-0.4, -0.2) is 24.4 Å². The van der Waals surface area contributed by atoms with Gasteiger partial charge in [-0.25, -0.2) is 0 Å². The van der Waals surface area contributed by atoms with Crippen LogP contribution in [-0.2, 0) is 13.6 Å². The van der Waals surface area contributed by atoms with Crippen molar-refractivity contribution in [2.75, 3.05) is 24.7 Å². The third-order valence-electron chi connectivity index (χ3n) is 2.29. The first kappa shape index (κ1) is 17.1. The van der Waals surface area contributed by atoms with E-state index in [4.69, 9.17) is 21.3 Å². The number of hydrogen-bond donors (Lipinski definition) is 1. The number of benzene rings is 1. The van der Waals surface area contributed by atoms with Crippen molar-refractivity contribution in [1.29, 1.82) is 0 Å². The molecule has 0 amide bonds. The third kappa shape index (κ3) is 6.44. The molecule has 0 bridgehead atoms. The Morgan fingerprint density at radius 2 is 1.85 bits per heavy atom. The summed E-state index contributed by atoms with van der Waals surface area (Å²) in [6, 6.07) is 9.63. The van der Waals surface area contributed by atoms with Crippen molar-refractivity contribution < 1.29 is 13.6 Å². The molecule has 0 radical (unpaired) electrons. The zero-order valence-corrected chi connectivity index (χ0v) is 13.5. The highest BCUT2D eigenvalue weighted by molar-refractivity contribution is 7.81. The van der Waals surface area contributed by atoms with Crippen LogP contribution in [0.3, 0.4) is 0 Å². The number of allylic oxidation sites excluding steroid dienone is 1. The average Bonchev–Trinajstić information content (AvgIpc) is 2.40. The lowest BCUT2D eigenvalue weighted by Crippen LogP contribution is -2.05. The highest BCUT2D eigenvalue weighted by atomic mass is 32.1. The summed E-state index contributed by atoms with van der Waals surface area (Å²) in [6.45, 7) is 4.30. The molecule has 0 aliphatic carbocycles. The zero-order valence-electron chi connectivity index (χ0n) is 11.7. The van der Waals surface area contributed by atoms with Gasteiger partial charge in [-0.2, -0.15) is 0 Å². The van der Waals surface area contributed by atoms with Gasteiger partial charge in [0.25, 0.3) is 0 Å². The summed E-state index contributed by atoms with van der Waals surface area (Å²) in [7, 11) is -3.03. The first-order valence-corrected chi connectivity index (χ1v) is 8.64. The molecule has 0 aromatic heterocycles. The molecule has 0 saturated carbocycles. The van der Waals surface area contributed by atoms with Gasteiger partial charge in [0, 0.05) is 5.69 Å². The molecule has 0 saturated heterocycles. The molecule has 0 aliphatic heterocycles. The number of rotatable bonds is 8. The average molecular weight is 313 g/mol. The van der Waals surface area contributed by atoms with Gasteiger partial charge in [-0.3, -0.25) is 4.57 Å². The minimum absolute atomic E-state index is 0.214. The summed E-state index contributed by atoms with van der Waals surface area (Å²) < 4.78 is 22.6. The maximum absolute atomic E-state index is 12.2. The Balaban J connectivity index is 2.50. The number of nitrogens with one attached hydrogen (secondary N) is 1. The molecule has 20 heavy (non-hydrogen) atoms. The largest absolute Gasteiger partial charge is 0.347 e. The normalized spacial score (nSPS) is 11.7. The van der Waals surface area contributed by atoms with E-state index in [1.807, 2.05) is 30.3 Å². The van der Waals surface area contributed by atoms with E-state index < -0.39 is 7.60 Å². The molecule has 0 spiro atoms. The quantitative estimate of drug-likeness (QED) is 0.442. The Morgan fingerprint density at radius 1 is 1.25 bits per heavy atom. The predicted molar refractivity (Wildman–Crippen MR) is 87.5 cm³/mol. The van der Waals surface area contributed by atoms with Crippen molar-refractivity contribution in [3.63, 3.8) is 0 Å². The van der Waals surface area contributed by atoms with Gasteiger partial charge in [0.2, 0.25) is 0 Å². The third-order valence-corrected chi connectivity index (χ3v) is 4.49. The fourth-order valence-electron chi connectivity index (χ4n) is 1.53. The van der Waals surface area contributed by atoms with Gasteiger partial charge >= 0.3 is 7.60 Å². The van der Waals surface area contributed by atoms with Crippen LogP contribution < -0.4 is 5.32 Å². The van der Waals surface area contributed by atoms with Crippen molar-refractivity contribution in [3.8, 4) is 0 Å². The van der Waals surface area contributed by atoms with Crippen molar-refractivity contribution >= 4 is 30.5 Å². The van der Waals surface area contributed by atoms with Gasteiger partial charge < -0.3 is 14.4 Å². The molecule has 0 atom stereocenters. The van der Waals surface area contributed by atoms with E-state index in [2.05, 4.69) is 5.32 Å². The monoisotopic (exact) mass is 313 g/mol. The number of para-hydroxylation sites is 1. The molecule has 0 unspecified atom stereocenters. The van der Waals surface area contributed by atoms with Gasteiger partial charge in [-0.1, -0.05) is 36.5 Å². The molecule has 0 fully saturated rings. The minimum Gasteiger partial charge on any atom is -0.347 e. The van der Waals surface area contributed by atoms with Crippen LogP contribution in [0.1, 0.15) is 13.8 Å². The smallest absolute Gasteiger partial charge is 0.334 e. The van der Waals surface area contributed by atoms with Crippen molar-refractivity contribution in [3.05, 3.63) is 42.5 Å². The van der Waals surface area contributed by atoms with E-state index in [1.165, 1.54) is 0 Å². The summed E-state index contributed by atoms with van der Waals surface area (Å²) in [5.74, 6) is 0. The van der Waals surface area contributed by atoms with Gasteiger partial charge in [0.15, 0.2) is 0 Å². The second kappa shape index (κ2) is 9.03. The minimum atomic E-state index is -3.03. The van der Waals surface area contributed by atoms with Crippen LogP contribution in [0.15, 0.2) is 42.5 Å². The topological polar surface area (TPSA) is 47.6 Å². The summed E-state index contributed by atoms with van der Waals surface area (Å²) >= 11 is 5.18. The van der Waals surface area contributed by atoms with Gasteiger partial charge in [0.05, 0.1) is 19.4 Å². The SMILES string of the molecule is CCOP(=O)(C/C=C/C(=S)Nc1ccccc1)OCC. The molecular formula is C14H20NO3PS. The Morgan fingerprint density at radius 3 is 2.40 bits per heavy atom. The van der Waals surface area contributed by atoms with Gasteiger partial charge in [0.1, 0.15) is 4.99 Å². The second-order valence-corrected chi connectivity index (χ2v) is 6.43. The highest BCUT2D eigenvalue weighted by Gasteiger charge is 2.21. The van der Waals surface area contributed by atoms with Crippen LogP contribution in [0.5, 0.6) is 0 Å². The van der Waals surface area contributed by atoms with Crippen LogP contribution >= 0.6 is 19.8 Å². The number of hydrogen-bond acceptors (Lipinski definition) is 4. The van der Waals surface area contributed by atoms with E-state index in [1.54, 1.807) is 26.0 Å². The first-order chi connectivity index (χ1) is 9.59. The van der Waals surface area contributed by atoms with E-state index >= 15 is 0 Å². The van der Waals surface area contributed by atoms with E-state index in [-0.39, 0.29) is 6.16 Å². The molecule has 6 heteroatoms. The summed E-state index contributed by atoms with van der Waals surface area (Å²) in [4.78, 5) is 0.552. The highest BCUT2D eigenvalue weighted by Crippen LogP contribution is 2.47. The Labute approximate surface area is 125 Å². The lowest BCUT2D eigenvalue weighted by Gasteiger charge is -2.14. The summed E-state index contributed by atoms with van der Waals surface area (Å²) in [5.41, 5.74) is 0.917. The standard InChI is InChI=1S/C14H20NO3PS/c1-3-17-19(16,18-4-2)12-8-11-14(20)15-13-9-6-5-7-10-13/h5-11H,3-4,12H2,1-2H3,(H,15,20)/b11-8+. The molecule has 110 valence electrons. The molecule has 0 aliphatic rings. The van der Waals surface area contributed by atoms with E-state index in [9.17, 15) is 4.57 Å². The molecule has 1 aromatic rings. The van der Waals surface area contributed by atoms with E-state index in [0.717, 1.165) is 5.69 Å². The fourth-order valence-corrected chi connectivity index (χ4v) is 3.18. The fraction of sp³-hybridized carbons (Fsp3) is 0.357. The van der Waals surface area contributed by atoms with Crippen LogP contribution in [0.2, 0.25) is 0 Å². The van der Waals surface area contributed by atoms with Crippen molar-refractivity contribution in [2.24, 2.45) is 0 Å². The van der Waals surface area contributed by atoms with Crippen molar-refractivity contribution in [2.45, 2.75) is 13.8 Å². The lowest BCUT2D eigenvalue weighted by atomic mass is 10.3. The predicted octanol–water partition coefficient (Wildman–Crippen LogP) is 4.25. The molecule has 1 N–H and O–H groups in total. The number of thiocarbonyl (C=S) groups is 1. The van der Waals surface area contributed by atoms with Crippen LogP contribution in [0, 0.1) is 0 Å². The molecule has 4 nitrogen and oxygen atoms in total. The maximum Gasteiger partial charge on any atom is 0.334 e. The zero-order chi connectivity index (χ0) is 14.8.